The summed E-state index contributed by atoms with van der Waals surface area (Å²) >= 11 is 0. The molecule has 0 spiro atoms. The monoisotopic (exact) mass is 370 g/mol. The number of urea groups is 1. The van der Waals surface area contributed by atoms with Gasteiger partial charge in [-0.25, -0.2) is 9.59 Å². The Bertz CT molecular complexity index is 790. The van der Waals surface area contributed by atoms with Gasteiger partial charge in [0.05, 0.1) is 0 Å². The van der Waals surface area contributed by atoms with Crippen molar-refractivity contribution in [1.29, 1.82) is 0 Å². The Morgan fingerprint density at radius 1 is 0.926 bits per heavy atom. The number of imide groups is 1. The van der Waals surface area contributed by atoms with Crippen molar-refractivity contribution in [2.24, 2.45) is 0 Å². The molecule has 2 rings (SSSR count). The van der Waals surface area contributed by atoms with Crippen LogP contribution in [0.3, 0.4) is 0 Å². The standard InChI is InChI=1S/C20H22N2O5/c1-14(2)21-20(25)22-18(23)12-27-19(24)13-26-17-11-7-6-10-16(17)15-8-4-3-5-9-15/h3-11,14H,12-13H2,1-2H3,(H2,21,22,23,25). The van der Waals surface area contributed by atoms with Crippen LogP contribution in [0.15, 0.2) is 54.6 Å². The van der Waals surface area contributed by atoms with Gasteiger partial charge < -0.3 is 14.8 Å². The maximum atomic E-state index is 11.8. The molecule has 0 atom stereocenters. The number of esters is 1. The van der Waals surface area contributed by atoms with Crippen LogP contribution in [0.1, 0.15) is 13.8 Å². The first-order valence-electron chi connectivity index (χ1n) is 8.49. The Balaban J connectivity index is 1.83. The highest BCUT2D eigenvalue weighted by molar-refractivity contribution is 5.95. The minimum Gasteiger partial charge on any atom is -0.481 e. The number of para-hydroxylation sites is 1. The fourth-order valence-corrected chi connectivity index (χ4v) is 2.23. The van der Waals surface area contributed by atoms with E-state index in [1.54, 1.807) is 26.0 Å². The second kappa shape index (κ2) is 9.96. The first-order valence-corrected chi connectivity index (χ1v) is 8.49. The van der Waals surface area contributed by atoms with E-state index >= 15 is 0 Å². The van der Waals surface area contributed by atoms with Gasteiger partial charge in [0.25, 0.3) is 5.91 Å². The van der Waals surface area contributed by atoms with Gasteiger partial charge in [-0.3, -0.25) is 10.1 Å². The number of amides is 3. The van der Waals surface area contributed by atoms with Gasteiger partial charge in [-0.2, -0.15) is 0 Å². The van der Waals surface area contributed by atoms with Crippen molar-refractivity contribution in [3.63, 3.8) is 0 Å². The largest absolute Gasteiger partial charge is 0.481 e. The van der Waals surface area contributed by atoms with Crippen LogP contribution in [0.25, 0.3) is 11.1 Å². The number of benzene rings is 2. The summed E-state index contributed by atoms with van der Waals surface area (Å²) in [5.74, 6) is -0.898. The highest BCUT2D eigenvalue weighted by atomic mass is 16.6. The summed E-state index contributed by atoms with van der Waals surface area (Å²) in [6.07, 6.45) is 0. The Morgan fingerprint density at radius 3 is 2.30 bits per heavy atom. The number of ether oxygens (including phenoxy) is 2. The van der Waals surface area contributed by atoms with E-state index in [4.69, 9.17) is 9.47 Å². The van der Waals surface area contributed by atoms with Crippen molar-refractivity contribution in [3.05, 3.63) is 54.6 Å². The minimum atomic E-state index is -0.716. The smallest absolute Gasteiger partial charge is 0.344 e. The van der Waals surface area contributed by atoms with Crippen LogP contribution in [0, 0.1) is 0 Å². The van der Waals surface area contributed by atoms with E-state index < -0.39 is 24.5 Å². The second-order valence-corrected chi connectivity index (χ2v) is 5.99. The molecule has 142 valence electrons. The molecule has 0 radical (unpaired) electrons. The van der Waals surface area contributed by atoms with E-state index in [-0.39, 0.29) is 12.6 Å². The van der Waals surface area contributed by atoms with E-state index in [1.807, 2.05) is 42.5 Å². The predicted octanol–water partition coefficient (Wildman–Crippen LogP) is 2.51. The number of rotatable bonds is 7. The number of hydrogen-bond acceptors (Lipinski definition) is 5. The van der Waals surface area contributed by atoms with Crippen LogP contribution in [-0.4, -0.2) is 37.2 Å². The predicted molar refractivity (Wildman–Crippen MR) is 100 cm³/mol. The van der Waals surface area contributed by atoms with Crippen LogP contribution in [0.4, 0.5) is 4.79 Å². The van der Waals surface area contributed by atoms with Crippen molar-refractivity contribution < 1.29 is 23.9 Å². The third-order valence-electron chi connectivity index (χ3n) is 3.35. The van der Waals surface area contributed by atoms with Gasteiger partial charge >= 0.3 is 12.0 Å². The lowest BCUT2D eigenvalue weighted by atomic mass is 10.1. The van der Waals surface area contributed by atoms with E-state index in [0.717, 1.165) is 11.1 Å². The summed E-state index contributed by atoms with van der Waals surface area (Å²) in [4.78, 5) is 34.8. The molecule has 0 saturated carbocycles. The average Bonchev–Trinajstić information content (AvgIpc) is 2.65. The molecular weight excluding hydrogens is 348 g/mol. The normalized spacial score (nSPS) is 10.2. The summed E-state index contributed by atoms with van der Waals surface area (Å²) in [7, 11) is 0. The van der Waals surface area contributed by atoms with E-state index in [1.165, 1.54) is 0 Å². The van der Waals surface area contributed by atoms with Crippen LogP contribution < -0.4 is 15.4 Å². The summed E-state index contributed by atoms with van der Waals surface area (Å²) in [5, 5.41) is 4.56. The van der Waals surface area contributed by atoms with Crippen LogP contribution in [-0.2, 0) is 14.3 Å². The Labute approximate surface area is 157 Å². The average molecular weight is 370 g/mol. The molecule has 3 amide bonds. The molecule has 7 heteroatoms. The van der Waals surface area contributed by atoms with Crippen LogP contribution in [0.2, 0.25) is 0 Å². The molecule has 0 bridgehead atoms. The fourth-order valence-electron chi connectivity index (χ4n) is 2.23. The molecule has 2 N–H and O–H groups in total. The van der Waals surface area contributed by atoms with Crippen LogP contribution >= 0.6 is 0 Å². The molecule has 0 saturated heterocycles. The molecule has 0 heterocycles. The Hall–Kier alpha value is -3.35. The van der Waals surface area contributed by atoms with Gasteiger partial charge in [0, 0.05) is 11.6 Å². The second-order valence-electron chi connectivity index (χ2n) is 5.99. The fraction of sp³-hybridized carbons (Fsp3) is 0.250. The first kappa shape index (κ1) is 20.0. The van der Waals surface area contributed by atoms with E-state index in [0.29, 0.717) is 5.75 Å². The molecule has 27 heavy (non-hydrogen) atoms. The van der Waals surface area contributed by atoms with E-state index in [9.17, 15) is 14.4 Å². The van der Waals surface area contributed by atoms with Crippen molar-refractivity contribution in [2.75, 3.05) is 13.2 Å². The van der Waals surface area contributed by atoms with Gasteiger partial charge in [-0.15, -0.1) is 0 Å². The van der Waals surface area contributed by atoms with Gasteiger partial charge in [0.15, 0.2) is 13.2 Å². The molecule has 0 fully saturated rings. The number of carbonyl (C=O) groups excluding carboxylic acids is 3. The molecule has 2 aromatic carbocycles. The van der Waals surface area contributed by atoms with E-state index in [2.05, 4.69) is 10.6 Å². The topological polar surface area (TPSA) is 93.7 Å². The summed E-state index contributed by atoms with van der Waals surface area (Å²) in [6.45, 7) is 2.60. The molecule has 0 aromatic heterocycles. The maximum Gasteiger partial charge on any atom is 0.344 e. The Morgan fingerprint density at radius 2 is 1.59 bits per heavy atom. The first-order chi connectivity index (χ1) is 13.0. The minimum absolute atomic E-state index is 0.113. The Kier molecular flexibility index (Phi) is 7.37. The lowest BCUT2D eigenvalue weighted by Crippen LogP contribution is -2.44. The van der Waals surface area contributed by atoms with Gasteiger partial charge in [0.2, 0.25) is 0 Å². The van der Waals surface area contributed by atoms with Crippen molar-refractivity contribution in [1.82, 2.24) is 10.6 Å². The van der Waals surface area contributed by atoms with Gasteiger partial charge in [0.1, 0.15) is 5.75 Å². The van der Waals surface area contributed by atoms with Gasteiger partial charge in [-0.05, 0) is 25.5 Å². The molecule has 0 aliphatic carbocycles. The highest BCUT2D eigenvalue weighted by Crippen LogP contribution is 2.29. The number of carbonyl (C=O) groups is 3. The van der Waals surface area contributed by atoms with Gasteiger partial charge in [-0.1, -0.05) is 48.5 Å². The molecular formula is C20H22N2O5. The third kappa shape index (κ3) is 6.81. The van der Waals surface area contributed by atoms with Crippen molar-refractivity contribution in [2.45, 2.75) is 19.9 Å². The quantitative estimate of drug-likeness (QED) is 0.731. The van der Waals surface area contributed by atoms with Crippen LogP contribution in [0.5, 0.6) is 5.75 Å². The molecule has 0 aliphatic rings. The molecule has 7 nitrogen and oxygen atoms in total. The molecule has 2 aromatic rings. The molecule has 0 aliphatic heterocycles. The zero-order valence-electron chi connectivity index (χ0n) is 15.2. The number of nitrogens with one attached hydrogen (secondary N) is 2. The zero-order valence-corrected chi connectivity index (χ0v) is 15.2. The summed E-state index contributed by atoms with van der Waals surface area (Å²) < 4.78 is 10.4. The molecule has 0 unspecified atom stereocenters. The zero-order chi connectivity index (χ0) is 19.6. The lowest BCUT2D eigenvalue weighted by molar-refractivity contribution is -0.150. The summed E-state index contributed by atoms with van der Waals surface area (Å²) in [5.41, 5.74) is 1.80. The SMILES string of the molecule is CC(C)NC(=O)NC(=O)COC(=O)COc1ccccc1-c1ccccc1. The van der Waals surface area contributed by atoms with Crippen molar-refractivity contribution in [3.8, 4) is 16.9 Å². The van der Waals surface area contributed by atoms with Crippen molar-refractivity contribution >= 4 is 17.9 Å². The highest BCUT2D eigenvalue weighted by Gasteiger charge is 2.13. The third-order valence-corrected chi connectivity index (χ3v) is 3.35. The number of hydrogen-bond donors (Lipinski definition) is 2. The maximum absolute atomic E-state index is 11.8. The lowest BCUT2D eigenvalue weighted by Gasteiger charge is -2.12. The summed E-state index contributed by atoms with van der Waals surface area (Å²) in [6, 6.07) is 16.2.